The normalized spacial score (nSPS) is 21.0. The lowest BCUT2D eigenvalue weighted by Gasteiger charge is -2.36. The van der Waals surface area contributed by atoms with Crippen molar-refractivity contribution < 1.29 is 9.53 Å². The highest BCUT2D eigenvalue weighted by atomic mass is 16.5. The minimum absolute atomic E-state index is 0.202. The molecule has 0 bridgehead atoms. The van der Waals surface area contributed by atoms with Crippen LogP contribution in [0.1, 0.15) is 12.8 Å². The van der Waals surface area contributed by atoms with E-state index in [-0.39, 0.29) is 5.92 Å². The molecule has 1 aromatic rings. The predicted molar refractivity (Wildman–Crippen MR) is 78.8 cm³/mol. The first-order chi connectivity index (χ1) is 9.84. The SMILES string of the molecule is O=C(C1CCN(c2ccccc2)CC1)N1CCOCC1. The molecule has 2 aliphatic rings. The van der Waals surface area contributed by atoms with Crippen molar-refractivity contribution in [2.45, 2.75) is 12.8 Å². The number of hydrogen-bond acceptors (Lipinski definition) is 3. The van der Waals surface area contributed by atoms with Crippen LogP contribution in [0.4, 0.5) is 5.69 Å². The van der Waals surface area contributed by atoms with E-state index < -0.39 is 0 Å². The molecule has 0 radical (unpaired) electrons. The van der Waals surface area contributed by atoms with Gasteiger partial charge in [0.05, 0.1) is 13.2 Å². The Morgan fingerprint density at radius 2 is 1.65 bits per heavy atom. The molecule has 2 heterocycles. The molecule has 0 N–H and O–H groups in total. The number of carbonyl (C=O) groups excluding carboxylic acids is 1. The number of amides is 1. The van der Waals surface area contributed by atoms with Crippen LogP contribution in [0, 0.1) is 5.92 Å². The van der Waals surface area contributed by atoms with Gasteiger partial charge in [0, 0.05) is 37.8 Å². The Hall–Kier alpha value is -1.55. The average molecular weight is 274 g/mol. The number of hydrogen-bond donors (Lipinski definition) is 0. The third-order valence-electron chi connectivity index (χ3n) is 4.29. The van der Waals surface area contributed by atoms with Crippen molar-refractivity contribution in [3.05, 3.63) is 30.3 Å². The lowest BCUT2D eigenvalue weighted by atomic mass is 9.94. The largest absolute Gasteiger partial charge is 0.378 e. The summed E-state index contributed by atoms with van der Waals surface area (Å²) in [5, 5.41) is 0. The van der Waals surface area contributed by atoms with E-state index in [0.29, 0.717) is 19.1 Å². The van der Waals surface area contributed by atoms with Crippen molar-refractivity contribution in [2.24, 2.45) is 5.92 Å². The topological polar surface area (TPSA) is 32.8 Å². The van der Waals surface area contributed by atoms with E-state index >= 15 is 0 Å². The van der Waals surface area contributed by atoms with Crippen LogP contribution < -0.4 is 4.90 Å². The first kappa shape index (κ1) is 13.4. The summed E-state index contributed by atoms with van der Waals surface area (Å²) in [5.74, 6) is 0.536. The van der Waals surface area contributed by atoms with Gasteiger partial charge in [0.25, 0.3) is 0 Å². The second-order valence-electron chi connectivity index (χ2n) is 5.53. The third kappa shape index (κ3) is 2.96. The van der Waals surface area contributed by atoms with Gasteiger partial charge in [0.15, 0.2) is 0 Å². The quantitative estimate of drug-likeness (QED) is 0.824. The van der Waals surface area contributed by atoms with Crippen LogP contribution in [0.25, 0.3) is 0 Å². The Kier molecular flexibility index (Phi) is 4.21. The molecule has 2 saturated heterocycles. The molecule has 0 spiro atoms. The van der Waals surface area contributed by atoms with E-state index in [0.717, 1.165) is 39.0 Å². The zero-order chi connectivity index (χ0) is 13.8. The molecule has 4 nitrogen and oxygen atoms in total. The summed E-state index contributed by atoms with van der Waals surface area (Å²) in [5.41, 5.74) is 1.27. The minimum Gasteiger partial charge on any atom is -0.378 e. The van der Waals surface area contributed by atoms with Gasteiger partial charge in [0.2, 0.25) is 5.91 Å². The molecule has 3 rings (SSSR count). The maximum absolute atomic E-state index is 12.4. The molecule has 108 valence electrons. The highest BCUT2D eigenvalue weighted by Gasteiger charge is 2.29. The summed E-state index contributed by atoms with van der Waals surface area (Å²) in [6.07, 6.45) is 1.93. The lowest BCUT2D eigenvalue weighted by Crippen LogP contribution is -2.46. The van der Waals surface area contributed by atoms with Crippen molar-refractivity contribution >= 4 is 11.6 Å². The first-order valence-electron chi connectivity index (χ1n) is 7.51. The molecular weight excluding hydrogens is 252 g/mol. The number of rotatable bonds is 2. The number of piperidine rings is 1. The molecular formula is C16H22N2O2. The number of carbonyl (C=O) groups is 1. The number of ether oxygens (including phenoxy) is 1. The highest BCUT2D eigenvalue weighted by molar-refractivity contribution is 5.79. The van der Waals surface area contributed by atoms with Crippen LogP contribution in [0.2, 0.25) is 0 Å². The summed E-state index contributed by atoms with van der Waals surface area (Å²) in [7, 11) is 0. The van der Waals surface area contributed by atoms with Gasteiger partial charge in [-0.25, -0.2) is 0 Å². The minimum atomic E-state index is 0.202. The Balaban J connectivity index is 1.54. The zero-order valence-corrected chi connectivity index (χ0v) is 11.8. The van der Waals surface area contributed by atoms with Gasteiger partial charge in [-0.3, -0.25) is 4.79 Å². The van der Waals surface area contributed by atoms with Gasteiger partial charge in [0.1, 0.15) is 0 Å². The summed E-state index contributed by atoms with van der Waals surface area (Å²) < 4.78 is 5.31. The van der Waals surface area contributed by atoms with Crippen LogP contribution in [-0.2, 0) is 9.53 Å². The van der Waals surface area contributed by atoms with Gasteiger partial charge in [-0.15, -0.1) is 0 Å². The van der Waals surface area contributed by atoms with Crippen LogP contribution in [-0.4, -0.2) is 50.2 Å². The molecule has 0 unspecified atom stereocenters. The van der Waals surface area contributed by atoms with Crippen molar-refractivity contribution in [1.82, 2.24) is 4.90 Å². The fourth-order valence-corrected chi connectivity index (χ4v) is 3.07. The van der Waals surface area contributed by atoms with Gasteiger partial charge in [-0.05, 0) is 25.0 Å². The molecule has 0 aromatic heterocycles. The molecule has 1 amide bonds. The summed E-state index contributed by atoms with van der Waals surface area (Å²) in [4.78, 5) is 16.8. The van der Waals surface area contributed by atoms with E-state index in [1.807, 2.05) is 11.0 Å². The fraction of sp³-hybridized carbons (Fsp3) is 0.562. The smallest absolute Gasteiger partial charge is 0.225 e. The molecule has 1 aromatic carbocycles. The van der Waals surface area contributed by atoms with E-state index in [9.17, 15) is 4.79 Å². The Labute approximate surface area is 120 Å². The first-order valence-corrected chi connectivity index (χ1v) is 7.51. The summed E-state index contributed by atoms with van der Waals surface area (Å²) >= 11 is 0. The second kappa shape index (κ2) is 6.27. The number of benzene rings is 1. The van der Waals surface area contributed by atoms with Gasteiger partial charge in [-0.2, -0.15) is 0 Å². The van der Waals surface area contributed by atoms with Crippen LogP contribution in [0.15, 0.2) is 30.3 Å². The molecule has 4 heteroatoms. The van der Waals surface area contributed by atoms with Gasteiger partial charge < -0.3 is 14.5 Å². The lowest BCUT2D eigenvalue weighted by molar-refractivity contribution is -0.140. The predicted octanol–water partition coefficient (Wildman–Crippen LogP) is 1.76. The van der Waals surface area contributed by atoms with Gasteiger partial charge >= 0.3 is 0 Å². The number of nitrogens with zero attached hydrogens (tertiary/aromatic N) is 2. The van der Waals surface area contributed by atoms with Crippen molar-refractivity contribution in [3.8, 4) is 0 Å². The van der Waals surface area contributed by atoms with E-state index in [4.69, 9.17) is 4.74 Å². The van der Waals surface area contributed by atoms with Crippen LogP contribution in [0.3, 0.4) is 0 Å². The standard InChI is InChI=1S/C16H22N2O2/c19-16(18-10-12-20-13-11-18)14-6-8-17(9-7-14)15-4-2-1-3-5-15/h1-5,14H,6-13H2. The van der Waals surface area contributed by atoms with E-state index in [1.165, 1.54) is 5.69 Å². The average Bonchev–Trinajstić information content (AvgIpc) is 2.56. The highest BCUT2D eigenvalue weighted by Crippen LogP contribution is 2.24. The van der Waals surface area contributed by atoms with Crippen LogP contribution >= 0.6 is 0 Å². The Morgan fingerprint density at radius 1 is 1.00 bits per heavy atom. The third-order valence-corrected chi connectivity index (χ3v) is 4.29. The maximum Gasteiger partial charge on any atom is 0.225 e. The van der Waals surface area contributed by atoms with Crippen LogP contribution in [0.5, 0.6) is 0 Å². The summed E-state index contributed by atoms with van der Waals surface area (Å²) in [6.45, 7) is 4.86. The number of para-hydroxylation sites is 1. The number of anilines is 1. The molecule has 0 saturated carbocycles. The van der Waals surface area contributed by atoms with Crippen molar-refractivity contribution in [3.63, 3.8) is 0 Å². The van der Waals surface area contributed by atoms with Gasteiger partial charge in [-0.1, -0.05) is 18.2 Å². The van der Waals surface area contributed by atoms with Crippen molar-refractivity contribution in [2.75, 3.05) is 44.3 Å². The molecule has 0 aliphatic carbocycles. The second-order valence-corrected chi connectivity index (χ2v) is 5.53. The zero-order valence-electron chi connectivity index (χ0n) is 11.8. The molecule has 0 atom stereocenters. The maximum atomic E-state index is 12.4. The summed E-state index contributed by atoms with van der Waals surface area (Å²) in [6, 6.07) is 10.5. The Morgan fingerprint density at radius 3 is 2.30 bits per heavy atom. The Bertz CT molecular complexity index is 435. The molecule has 2 fully saturated rings. The molecule has 2 aliphatic heterocycles. The monoisotopic (exact) mass is 274 g/mol. The van der Waals surface area contributed by atoms with Crippen molar-refractivity contribution in [1.29, 1.82) is 0 Å². The van der Waals surface area contributed by atoms with E-state index in [1.54, 1.807) is 0 Å². The fourth-order valence-electron chi connectivity index (χ4n) is 3.07. The number of morpholine rings is 1. The van der Waals surface area contributed by atoms with E-state index in [2.05, 4.69) is 29.2 Å². The molecule has 20 heavy (non-hydrogen) atoms.